The van der Waals surface area contributed by atoms with Crippen molar-refractivity contribution in [3.63, 3.8) is 0 Å². The van der Waals surface area contributed by atoms with Gasteiger partial charge in [0.1, 0.15) is 5.75 Å². The molecule has 3 N–H and O–H groups in total. The van der Waals surface area contributed by atoms with Gasteiger partial charge in [0.2, 0.25) is 0 Å². The van der Waals surface area contributed by atoms with Crippen LogP contribution in [0.25, 0.3) is 10.9 Å². The molecule has 2 aromatic carbocycles. The van der Waals surface area contributed by atoms with Crippen molar-refractivity contribution in [1.82, 2.24) is 15.2 Å². The largest absolute Gasteiger partial charge is 0.508 e. The highest BCUT2D eigenvalue weighted by molar-refractivity contribution is 5.98. The summed E-state index contributed by atoms with van der Waals surface area (Å²) in [6.07, 6.45) is 5.17. The summed E-state index contributed by atoms with van der Waals surface area (Å²) in [5.41, 5.74) is 3.03. The Balaban J connectivity index is 1.20. The lowest BCUT2D eigenvalue weighted by Crippen LogP contribution is -2.45. The highest BCUT2D eigenvalue weighted by Crippen LogP contribution is 2.23. The van der Waals surface area contributed by atoms with Crippen molar-refractivity contribution in [2.24, 2.45) is 5.92 Å². The number of Topliss-reactive ketones (excluding diaryl/α,β-unsaturated/α-hetero) is 1. The maximum atomic E-state index is 12.6. The van der Waals surface area contributed by atoms with Gasteiger partial charge in [0, 0.05) is 48.2 Å². The van der Waals surface area contributed by atoms with Crippen LogP contribution < -0.4 is 5.32 Å². The third-order valence-electron chi connectivity index (χ3n) is 5.88. The lowest BCUT2D eigenvalue weighted by molar-refractivity contribution is 0.0854. The summed E-state index contributed by atoms with van der Waals surface area (Å²) in [5, 5.41) is 13.6. The number of benzene rings is 2. The van der Waals surface area contributed by atoms with Crippen molar-refractivity contribution in [1.29, 1.82) is 0 Å². The van der Waals surface area contributed by atoms with Gasteiger partial charge in [-0.3, -0.25) is 4.79 Å². The molecule has 156 valence electrons. The number of nitrogens with one attached hydrogen (secondary N) is 2. The molecule has 0 spiro atoms. The Bertz CT molecular complexity index is 1020. The van der Waals surface area contributed by atoms with E-state index in [4.69, 9.17) is 0 Å². The number of carbonyl (C=O) groups excluding carboxylic acids is 2. The van der Waals surface area contributed by atoms with Gasteiger partial charge in [0.05, 0.1) is 0 Å². The Morgan fingerprint density at radius 1 is 1.07 bits per heavy atom. The summed E-state index contributed by atoms with van der Waals surface area (Å²) < 4.78 is 0. The quantitative estimate of drug-likeness (QED) is 0.426. The van der Waals surface area contributed by atoms with E-state index in [0.717, 1.165) is 18.4 Å². The second-order valence-corrected chi connectivity index (χ2v) is 7.87. The van der Waals surface area contributed by atoms with E-state index >= 15 is 0 Å². The van der Waals surface area contributed by atoms with E-state index in [2.05, 4.69) is 22.4 Å². The van der Waals surface area contributed by atoms with Crippen LogP contribution in [0.2, 0.25) is 0 Å². The maximum absolute atomic E-state index is 12.6. The van der Waals surface area contributed by atoms with Crippen molar-refractivity contribution < 1.29 is 14.7 Å². The van der Waals surface area contributed by atoms with Gasteiger partial charge in [-0.05, 0) is 61.6 Å². The normalized spacial score (nSPS) is 14.7. The first-order valence-electron chi connectivity index (χ1n) is 10.5. The summed E-state index contributed by atoms with van der Waals surface area (Å²) in [4.78, 5) is 30.1. The number of aryl methyl sites for hydroxylation is 1. The van der Waals surface area contributed by atoms with E-state index in [9.17, 15) is 14.7 Å². The molecule has 1 saturated heterocycles. The van der Waals surface area contributed by atoms with Crippen molar-refractivity contribution in [2.75, 3.05) is 19.6 Å². The van der Waals surface area contributed by atoms with Crippen LogP contribution in [0.1, 0.15) is 35.2 Å². The number of amides is 2. The lowest BCUT2D eigenvalue weighted by Gasteiger charge is -2.31. The molecule has 2 amide bonds. The number of para-hydroxylation sites is 1. The number of fused-ring (bicyclic) bond motifs is 1. The smallest absolute Gasteiger partial charge is 0.317 e. The summed E-state index contributed by atoms with van der Waals surface area (Å²) in [6.45, 7) is 1.80. The summed E-state index contributed by atoms with van der Waals surface area (Å²) >= 11 is 0. The predicted octanol–water partition coefficient (Wildman–Crippen LogP) is 4.11. The van der Waals surface area contributed by atoms with Gasteiger partial charge in [-0.15, -0.1) is 0 Å². The number of likely N-dealkylation sites (tertiary alicyclic amines) is 1. The second kappa shape index (κ2) is 9.03. The van der Waals surface area contributed by atoms with Gasteiger partial charge < -0.3 is 20.3 Å². The first kappa shape index (κ1) is 20.0. The zero-order chi connectivity index (χ0) is 20.9. The van der Waals surface area contributed by atoms with E-state index in [0.29, 0.717) is 38.0 Å². The molecule has 0 atom stereocenters. The number of H-pyrrole nitrogens is 1. The maximum Gasteiger partial charge on any atom is 0.317 e. The number of phenolic OH excluding ortho intramolecular Hbond substituents is 1. The van der Waals surface area contributed by atoms with Crippen LogP contribution in [0, 0.1) is 5.92 Å². The Kier molecular flexibility index (Phi) is 6.02. The Hall–Kier alpha value is -3.28. The van der Waals surface area contributed by atoms with E-state index in [1.807, 2.05) is 18.3 Å². The first-order chi connectivity index (χ1) is 14.6. The van der Waals surface area contributed by atoms with Gasteiger partial charge in [-0.25, -0.2) is 4.79 Å². The molecule has 1 fully saturated rings. The summed E-state index contributed by atoms with van der Waals surface area (Å²) in [6, 6.07) is 14.6. The number of phenols is 1. The van der Waals surface area contributed by atoms with Crippen molar-refractivity contribution in [3.8, 4) is 5.75 Å². The van der Waals surface area contributed by atoms with Gasteiger partial charge in [0.15, 0.2) is 5.78 Å². The summed E-state index contributed by atoms with van der Waals surface area (Å²) in [5.74, 6) is 0.178. The molecule has 0 unspecified atom stereocenters. The molecule has 6 heteroatoms. The van der Waals surface area contributed by atoms with E-state index in [-0.39, 0.29) is 23.5 Å². The fraction of sp³-hybridized carbons (Fsp3) is 0.333. The van der Waals surface area contributed by atoms with Gasteiger partial charge in [-0.2, -0.15) is 0 Å². The van der Waals surface area contributed by atoms with Crippen molar-refractivity contribution in [2.45, 2.75) is 25.7 Å². The monoisotopic (exact) mass is 405 g/mol. The second-order valence-electron chi connectivity index (χ2n) is 7.87. The van der Waals surface area contributed by atoms with Gasteiger partial charge in [0.25, 0.3) is 0 Å². The number of ketones is 1. The fourth-order valence-corrected chi connectivity index (χ4v) is 4.13. The van der Waals surface area contributed by atoms with Gasteiger partial charge in [-0.1, -0.05) is 18.2 Å². The van der Waals surface area contributed by atoms with Gasteiger partial charge >= 0.3 is 6.03 Å². The van der Waals surface area contributed by atoms with E-state index < -0.39 is 0 Å². The Morgan fingerprint density at radius 2 is 1.80 bits per heavy atom. The zero-order valence-corrected chi connectivity index (χ0v) is 16.9. The SMILES string of the molecule is O=C(c1ccc(O)cc1)C1CCN(C(=O)NCCCc2c[nH]c3ccccc23)CC1. The highest BCUT2D eigenvalue weighted by Gasteiger charge is 2.27. The van der Waals surface area contributed by atoms with Crippen molar-refractivity contribution >= 4 is 22.7 Å². The molecule has 1 aliphatic rings. The molecule has 6 nitrogen and oxygen atoms in total. The number of carbonyl (C=O) groups is 2. The molecule has 2 heterocycles. The number of rotatable bonds is 6. The van der Waals surface area contributed by atoms with Crippen LogP contribution >= 0.6 is 0 Å². The van der Waals surface area contributed by atoms with E-state index in [1.54, 1.807) is 17.0 Å². The van der Waals surface area contributed by atoms with Crippen LogP contribution in [0.3, 0.4) is 0 Å². The molecule has 4 rings (SSSR count). The molecule has 0 saturated carbocycles. The average molecular weight is 405 g/mol. The Labute approximate surface area is 175 Å². The number of hydrogen-bond acceptors (Lipinski definition) is 3. The van der Waals surface area contributed by atoms with Crippen LogP contribution in [-0.4, -0.2) is 46.4 Å². The number of piperidine rings is 1. The number of hydrogen-bond donors (Lipinski definition) is 3. The molecule has 0 radical (unpaired) electrons. The molecule has 0 bridgehead atoms. The summed E-state index contributed by atoms with van der Waals surface area (Å²) in [7, 11) is 0. The number of aromatic nitrogens is 1. The molecular formula is C24H27N3O3. The standard InChI is InChI=1S/C24H27N3O3/c28-20-9-7-17(8-10-20)23(29)18-11-14-27(15-12-18)24(30)25-13-3-4-19-16-26-22-6-2-1-5-21(19)22/h1-2,5-10,16,18,26,28H,3-4,11-15H2,(H,25,30). The van der Waals surface area contributed by atoms with Crippen LogP contribution in [0.15, 0.2) is 54.7 Å². The van der Waals surface area contributed by atoms with E-state index in [1.165, 1.54) is 23.1 Å². The average Bonchev–Trinajstić information content (AvgIpc) is 3.20. The molecular weight excluding hydrogens is 378 g/mol. The molecule has 1 aromatic heterocycles. The van der Waals surface area contributed by atoms with Crippen LogP contribution in [0.4, 0.5) is 4.79 Å². The number of nitrogens with zero attached hydrogens (tertiary/aromatic N) is 1. The molecule has 1 aliphatic heterocycles. The number of aromatic amines is 1. The number of urea groups is 1. The van der Waals surface area contributed by atoms with Crippen LogP contribution in [-0.2, 0) is 6.42 Å². The van der Waals surface area contributed by atoms with Crippen LogP contribution in [0.5, 0.6) is 5.75 Å². The third-order valence-corrected chi connectivity index (χ3v) is 5.88. The minimum atomic E-state index is -0.0690. The number of aromatic hydroxyl groups is 1. The molecule has 0 aliphatic carbocycles. The predicted molar refractivity (Wildman–Crippen MR) is 117 cm³/mol. The highest BCUT2D eigenvalue weighted by atomic mass is 16.3. The zero-order valence-electron chi connectivity index (χ0n) is 16.9. The molecule has 3 aromatic rings. The third kappa shape index (κ3) is 4.48. The lowest BCUT2D eigenvalue weighted by atomic mass is 9.89. The topological polar surface area (TPSA) is 85.4 Å². The minimum Gasteiger partial charge on any atom is -0.508 e. The van der Waals surface area contributed by atoms with Crippen molar-refractivity contribution in [3.05, 3.63) is 65.9 Å². The minimum absolute atomic E-state index is 0.0514. The fourth-order valence-electron chi connectivity index (χ4n) is 4.13. The molecule has 30 heavy (non-hydrogen) atoms. The Morgan fingerprint density at radius 3 is 2.57 bits per heavy atom. The first-order valence-corrected chi connectivity index (χ1v) is 10.5.